The summed E-state index contributed by atoms with van der Waals surface area (Å²) in [6.45, 7) is 7.45. The van der Waals surface area contributed by atoms with Gasteiger partial charge in [-0.2, -0.15) is 0 Å². The van der Waals surface area contributed by atoms with Gasteiger partial charge in [-0.1, -0.05) is 34.8 Å². The summed E-state index contributed by atoms with van der Waals surface area (Å²) >= 11 is 16.4. The third kappa shape index (κ3) is 11.5. The highest BCUT2D eigenvalue weighted by molar-refractivity contribution is 6.67. The van der Waals surface area contributed by atoms with E-state index in [0.717, 1.165) is 74.5 Å². The minimum Gasteiger partial charge on any atom is -0.445 e. The van der Waals surface area contributed by atoms with E-state index in [1.807, 2.05) is 4.90 Å². The average molecular weight is 816 g/mol. The first-order valence-electron chi connectivity index (χ1n) is 20.8. The summed E-state index contributed by atoms with van der Waals surface area (Å²) in [5.74, 6) is 6.18. The predicted octanol–water partition coefficient (Wildman–Crippen LogP) is 6.77. The molecule has 10 aliphatic rings. The van der Waals surface area contributed by atoms with Gasteiger partial charge in [-0.3, -0.25) is 9.59 Å². The fourth-order valence-corrected chi connectivity index (χ4v) is 12.7. The molecule has 0 atom stereocenters. The first kappa shape index (κ1) is 41.9. The molecule has 10 fully saturated rings. The van der Waals surface area contributed by atoms with Crippen LogP contribution in [0.5, 0.6) is 0 Å². The summed E-state index contributed by atoms with van der Waals surface area (Å²) in [5, 5.41) is 8.99. The quantitative estimate of drug-likeness (QED) is 0.218. The number of piperidine rings is 2. The molecule has 0 aromatic rings. The molecule has 8 bridgehead atoms. The second kappa shape index (κ2) is 17.8. The normalized spacial score (nSPS) is 35.3. The molecule has 14 heteroatoms. The maximum atomic E-state index is 12.3. The lowest BCUT2D eigenvalue weighted by molar-refractivity contribution is -0.130. The number of ether oxygens (including phenoxy) is 1. The van der Waals surface area contributed by atoms with Gasteiger partial charge in [-0.05, 0) is 156 Å². The molecule has 2 aliphatic heterocycles. The van der Waals surface area contributed by atoms with E-state index in [4.69, 9.17) is 45.3 Å². The van der Waals surface area contributed by atoms with Gasteiger partial charge >= 0.3 is 12.1 Å². The molecular weight excluding hydrogens is 751 g/mol. The second-order valence-electron chi connectivity index (χ2n) is 18.8. The minimum atomic E-state index is -1.60. The van der Waals surface area contributed by atoms with Crippen LogP contribution in [0.4, 0.5) is 9.59 Å². The summed E-state index contributed by atoms with van der Waals surface area (Å²) in [6, 6.07) is 0.187. The molecule has 8 aliphatic carbocycles. The number of rotatable bonds is 6. The van der Waals surface area contributed by atoms with E-state index >= 15 is 0 Å². The molecular formula is C40H65Cl3N6O5. The molecule has 8 saturated carbocycles. The van der Waals surface area contributed by atoms with Crippen LogP contribution in [0, 0.1) is 46.3 Å². The zero-order valence-electron chi connectivity index (χ0n) is 32.5. The van der Waals surface area contributed by atoms with Crippen molar-refractivity contribution in [2.45, 2.75) is 132 Å². The number of urea groups is 1. The standard InChI is InChI=1S/C19H31N3O2.C11H19N.C10H15Cl3N2O3/c1-13(23)22-4-2-17(3-5-22)21-18(24)20-12-19-9-14-6-15(10-19)8-16(7-14)11-19;12-7-11-4-8-1-9(5-11)3-10(2-8)6-11;1-7(16)15-4-2-8(3-5-15)14-9(17)18-6-10(11,12)13/h14-17H,2-12H2,1H3,(H2,20,21,24);8-10H,1-7,12H2;8H,2-6H2,1H3,(H,14,17). The molecule has 0 aromatic carbocycles. The van der Waals surface area contributed by atoms with Crippen molar-refractivity contribution in [2.24, 2.45) is 52.1 Å². The summed E-state index contributed by atoms with van der Waals surface area (Å²) in [4.78, 5) is 49.8. The van der Waals surface area contributed by atoms with Crippen LogP contribution in [0.25, 0.3) is 0 Å². The Morgan fingerprint density at radius 3 is 1.37 bits per heavy atom. The van der Waals surface area contributed by atoms with E-state index in [2.05, 4.69) is 16.0 Å². The van der Waals surface area contributed by atoms with Crippen molar-refractivity contribution in [2.75, 3.05) is 45.9 Å². The van der Waals surface area contributed by atoms with Gasteiger partial charge in [-0.15, -0.1) is 0 Å². The van der Waals surface area contributed by atoms with Gasteiger partial charge in [0.1, 0.15) is 6.61 Å². The van der Waals surface area contributed by atoms with Crippen molar-refractivity contribution in [3.63, 3.8) is 0 Å². The first-order chi connectivity index (χ1) is 25.6. The number of nitrogens with one attached hydrogen (secondary N) is 3. The number of hydrogen-bond donors (Lipinski definition) is 4. The number of likely N-dealkylation sites (tertiary alicyclic amines) is 2. The Balaban J connectivity index is 0.000000146. The lowest BCUT2D eigenvalue weighted by atomic mass is 9.49. The smallest absolute Gasteiger partial charge is 0.407 e. The minimum absolute atomic E-state index is 0.00739. The van der Waals surface area contributed by atoms with E-state index in [9.17, 15) is 19.2 Å². The van der Waals surface area contributed by atoms with Crippen molar-refractivity contribution in [3.8, 4) is 0 Å². The Bertz CT molecular complexity index is 1260. The highest BCUT2D eigenvalue weighted by Crippen LogP contribution is 2.60. The lowest BCUT2D eigenvalue weighted by Crippen LogP contribution is -2.54. The molecule has 0 unspecified atom stereocenters. The average Bonchev–Trinajstić information content (AvgIpc) is 3.10. The number of nitrogens with zero attached hydrogens (tertiary/aromatic N) is 2. The Morgan fingerprint density at radius 2 is 1.02 bits per heavy atom. The molecule has 54 heavy (non-hydrogen) atoms. The summed E-state index contributed by atoms with van der Waals surface area (Å²) in [7, 11) is 0. The van der Waals surface area contributed by atoms with Crippen molar-refractivity contribution >= 4 is 58.7 Å². The van der Waals surface area contributed by atoms with Crippen LogP contribution < -0.4 is 21.7 Å². The van der Waals surface area contributed by atoms with E-state index in [0.29, 0.717) is 36.8 Å². The number of amides is 5. The van der Waals surface area contributed by atoms with Gasteiger partial charge < -0.3 is 36.2 Å². The molecule has 5 N–H and O–H groups in total. The van der Waals surface area contributed by atoms with Crippen LogP contribution in [-0.4, -0.2) is 95.5 Å². The molecule has 0 radical (unpaired) electrons. The van der Waals surface area contributed by atoms with Crippen LogP contribution in [0.3, 0.4) is 0 Å². The van der Waals surface area contributed by atoms with Crippen molar-refractivity contribution in [1.29, 1.82) is 0 Å². The SMILES string of the molecule is CC(=O)N1CCC(NC(=O)NCC23CC4CC(CC(C4)C2)C3)CC1.CC(=O)N1CCC(NC(=O)OCC(Cl)(Cl)Cl)CC1.NCC12CC3CC(CC(C3)C1)C2. The molecule has 11 nitrogen and oxygen atoms in total. The van der Waals surface area contributed by atoms with Gasteiger partial charge in [0.05, 0.1) is 0 Å². The Morgan fingerprint density at radius 1 is 0.648 bits per heavy atom. The molecule has 5 amide bonds. The number of carbonyl (C=O) groups is 4. The van der Waals surface area contributed by atoms with Crippen LogP contribution in [-0.2, 0) is 14.3 Å². The lowest BCUT2D eigenvalue weighted by Gasteiger charge is -2.56. The number of alkyl halides is 3. The van der Waals surface area contributed by atoms with Crippen LogP contribution in [0.1, 0.15) is 117 Å². The van der Waals surface area contributed by atoms with Crippen LogP contribution in [0.15, 0.2) is 0 Å². The zero-order valence-corrected chi connectivity index (χ0v) is 34.8. The van der Waals surface area contributed by atoms with Gasteiger partial charge in [0.2, 0.25) is 15.6 Å². The van der Waals surface area contributed by atoms with Gasteiger partial charge in [0.25, 0.3) is 0 Å². The van der Waals surface area contributed by atoms with Crippen LogP contribution >= 0.6 is 34.8 Å². The zero-order chi connectivity index (χ0) is 38.7. The first-order valence-corrected chi connectivity index (χ1v) is 22.0. The van der Waals surface area contributed by atoms with E-state index in [1.54, 1.807) is 11.8 Å². The predicted molar refractivity (Wildman–Crippen MR) is 212 cm³/mol. The second-order valence-corrected chi connectivity index (χ2v) is 21.3. The summed E-state index contributed by atoms with van der Waals surface area (Å²) in [6.07, 6.45) is 19.9. The Kier molecular flexibility index (Phi) is 13.9. The number of alkyl carbamates (subject to hydrolysis) is 1. The maximum Gasteiger partial charge on any atom is 0.407 e. The number of nitrogens with two attached hydrogens (primary N) is 1. The molecule has 0 spiro atoms. The van der Waals surface area contributed by atoms with Crippen molar-refractivity contribution in [1.82, 2.24) is 25.8 Å². The molecule has 10 rings (SSSR count). The summed E-state index contributed by atoms with van der Waals surface area (Å²) in [5.41, 5.74) is 6.94. The third-order valence-electron chi connectivity index (χ3n) is 14.3. The number of hydrogen-bond acceptors (Lipinski definition) is 6. The fraction of sp³-hybridized carbons (Fsp3) is 0.900. The Labute approximate surface area is 337 Å². The Hall–Kier alpha value is -1.69. The van der Waals surface area contributed by atoms with E-state index < -0.39 is 9.89 Å². The highest BCUT2D eigenvalue weighted by atomic mass is 35.6. The van der Waals surface area contributed by atoms with Crippen LogP contribution in [0.2, 0.25) is 0 Å². The van der Waals surface area contributed by atoms with Gasteiger partial charge in [-0.25, -0.2) is 9.59 Å². The van der Waals surface area contributed by atoms with E-state index in [-0.39, 0.29) is 36.5 Å². The molecule has 2 saturated heterocycles. The van der Waals surface area contributed by atoms with Crippen molar-refractivity contribution in [3.05, 3.63) is 0 Å². The molecule has 306 valence electrons. The highest BCUT2D eigenvalue weighted by Gasteiger charge is 2.51. The largest absolute Gasteiger partial charge is 0.445 e. The van der Waals surface area contributed by atoms with E-state index in [1.165, 1.54) is 84.0 Å². The summed E-state index contributed by atoms with van der Waals surface area (Å²) < 4.78 is 3.16. The topological polar surface area (TPSA) is 146 Å². The maximum absolute atomic E-state index is 12.3. The van der Waals surface area contributed by atoms with Gasteiger partial charge in [0, 0.05) is 58.7 Å². The number of halogens is 3. The van der Waals surface area contributed by atoms with Gasteiger partial charge in [0.15, 0.2) is 0 Å². The van der Waals surface area contributed by atoms with Crippen molar-refractivity contribution < 1.29 is 23.9 Å². The number of carbonyl (C=O) groups excluding carboxylic acids is 4. The third-order valence-corrected chi connectivity index (χ3v) is 14.6. The molecule has 2 heterocycles. The molecule has 0 aromatic heterocycles. The fourth-order valence-electron chi connectivity index (χ4n) is 12.6. The monoisotopic (exact) mass is 814 g/mol.